The molecule has 1 aliphatic rings. The van der Waals surface area contributed by atoms with Crippen LogP contribution in [0.3, 0.4) is 0 Å². The van der Waals surface area contributed by atoms with Crippen molar-refractivity contribution in [1.29, 1.82) is 0 Å². The second kappa shape index (κ2) is 2.96. The monoisotopic (exact) mass is 199 g/mol. The number of hydrogen-bond donors (Lipinski definition) is 0. The zero-order valence-electron chi connectivity index (χ0n) is 8.73. The minimum absolute atomic E-state index is 0.302. The topological polar surface area (TPSA) is 22.0 Å². The number of rotatable bonds is 2. The zero-order valence-corrected chi connectivity index (χ0v) is 8.73. The SMILES string of the molecule is Cn1cc(C(=O)C2CC2)c2ccccc21. The number of aryl methyl sites for hydroxylation is 1. The molecule has 15 heavy (non-hydrogen) atoms. The van der Waals surface area contributed by atoms with Crippen molar-refractivity contribution in [3.05, 3.63) is 36.0 Å². The van der Waals surface area contributed by atoms with Crippen molar-refractivity contribution in [2.24, 2.45) is 13.0 Å². The van der Waals surface area contributed by atoms with Gasteiger partial charge in [0.1, 0.15) is 0 Å². The summed E-state index contributed by atoms with van der Waals surface area (Å²) in [6.07, 6.45) is 4.11. The van der Waals surface area contributed by atoms with Gasteiger partial charge in [-0.25, -0.2) is 0 Å². The van der Waals surface area contributed by atoms with E-state index in [2.05, 4.69) is 6.07 Å². The van der Waals surface area contributed by atoms with Crippen molar-refractivity contribution in [2.45, 2.75) is 12.8 Å². The van der Waals surface area contributed by atoms with Gasteiger partial charge in [0.2, 0.25) is 0 Å². The molecule has 0 bridgehead atoms. The van der Waals surface area contributed by atoms with Gasteiger partial charge in [0, 0.05) is 35.6 Å². The molecule has 0 spiro atoms. The van der Waals surface area contributed by atoms with Crippen molar-refractivity contribution >= 4 is 16.7 Å². The highest BCUT2D eigenvalue weighted by atomic mass is 16.1. The summed E-state index contributed by atoms with van der Waals surface area (Å²) >= 11 is 0. The van der Waals surface area contributed by atoms with Crippen molar-refractivity contribution < 1.29 is 4.79 Å². The average Bonchev–Trinajstić information content (AvgIpc) is 3.04. The molecule has 76 valence electrons. The molecule has 0 aliphatic heterocycles. The van der Waals surface area contributed by atoms with Crippen LogP contribution in [0.5, 0.6) is 0 Å². The van der Waals surface area contributed by atoms with Gasteiger partial charge in [0.05, 0.1) is 0 Å². The molecule has 1 aliphatic carbocycles. The molecule has 0 amide bonds. The highest BCUT2D eigenvalue weighted by Crippen LogP contribution is 2.34. The number of para-hydroxylation sites is 1. The normalized spacial score (nSPS) is 15.8. The lowest BCUT2D eigenvalue weighted by atomic mass is 10.1. The summed E-state index contributed by atoms with van der Waals surface area (Å²) in [5, 5.41) is 1.09. The average molecular weight is 199 g/mol. The van der Waals surface area contributed by atoms with E-state index in [-0.39, 0.29) is 0 Å². The molecule has 3 rings (SSSR count). The highest BCUT2D eigenvalue weighted by Gasteiger charge is 2.31. The molecule has 1 fully saturated rings. The van der Waals surface area contributed by atoms with Gasteiger partial charge in [0.25, 0.3) is 0 Å². The van der Waals surface area contributed by atoms with E-state index < -0.39 is 0 Å². The fraction of sp³-hybridized carbons (Fsp3) is 0.308. The lowest BCUT2D eigenvalue weighted by molar-refractivity contribution is 0.0969. The number of carbonyl (C=O) groups is 1. The number of fused-ring (bicyclic) bond motifs is 1. The van der Waals surface area contributed by atoms with E-state index in [9.17, 15) is 4.79 Å². The van der Waals surface area contributed by atoms with Crippen LogP contribution in [0, 0.1) is 5.92 Å². The second-order valence-corrected chi connectivity index (χ2v) is 4.31. The van der Waals surface area contributed by atoms with Crippen molar-refractivity contribution in [1.82, 2.24) is 4.57 Å². The van der Waals surface area contributed by atoms with Crippen LogP contribution in [0.15, 0.2) is 30.5 Å². The van der Waals surface area contributed by atoms with Crippen LogP contribution in [-0.2, 0) is 7.05 Å². The van der Waals surface area contributed by atoms with E-state index in [0.29, 0.717) is 11.7 Å². The first-order valence-corrected chi connectivity index (χ1v) is 5.35. The smallest absolute Gasteiger partial charge is 0.168 e. The molecule has 2 aromatic rings. The molecule has 1 heterocycles. The number of Topliss-reactive ketones (excluding diaryl/α,β-unsaturated/α-hetero) is 1. The van der Waals surface area contributed by atoms with Crippen LogP contribution in [0.25, 0.3) is 10.9 Å². The third-order valence-corrected chi connectivity index (χ3v) is 3.11. The van der Waals surface area contributed by atoms with Crippen LogP contribution in [0.4, 0.5) is 0 Å². The number of carbonyl (C=O) groups excluding carboxylic acids is 1. The molecule has 0 atom stereocenters. The lowest BCUT2D eigenvalue weighted by Crippen LogP contribution is -1.99. The van der Waals surface area contributed by atoms with Crippen LogP contribution in [0.2, 0.25) is 0 Å². The molecule has 2 nitrogen and oxygen atoms in total. The summed E-state index contributed by atoms with van der Waals surface area (Å²) in [5.41, 5.74) is 2.04. The summed E-state index contributed by atoms with van der Waals surface area (Å²) in [5.74, 6) is 0.627. The van der Waals surface area contributed by atoms with Crippen LogP contribution in [-0.4, -0.2) is 10.4 Å². The molecule has 1 aromatic heterocycles. The molecular formula is C13H13NO. The predicted molar refractivity (Wildman–Crippen MR) is 60.0 cm³/mol. The fourth-order valence-corrected chi connectivity index (χ4v) is 2.10. The molecule has 0 saturated heterocycles. The standard InChI is InChI=1S/C13H13NO/c1-14-8-11(13(15)9-6-7-9)10-4-2-3-5-12(10)14/h2-5,8-9H,6-7H2,1H3. The summed E-state index contributed by atoms with van der Waals surface area (Å²) in [6.45, 7) is 0. The Morgan fingerprint density at radius 2 is 2.07 bits per heavy atom. The summed E-state index contributed by atoms with van der Waals surface area (Å²) in [4.78, 5) is 12.0. The van der Waals surface area contributed by atoms with Crippen molar-refractivity contribution in [2.75, 3.05) is 0 Å². The summed E-state index contributed by atoms with van der Waals surface area (Å²) in [7, 11) is 1.99. The Balaban J connectivity index is 2.21. The van der Waals surface area contributed by atoms with Gasteiger partial charge >= 0.3 is 0 Å². The molecule has 0 radical (unpaired) electrons. The summed E-state index contributed by atoms with van der Waals surface area (Å²) in [6, 6.07) is 8.09. The second-order valence-electron chi connectivity index (χ2n) is 4.31. The molecule has 2 heteroatoms. The van der Waals surface area contributed by atoms with Crippen molar-refractivity contribution in [3.63, 3.8) is 0 Å². The van der Waals surface area contributed by atoms with Crippen molar-refractivity contribution in [3.8, 4) is 0 Å². The highest BCUT2D eigenvalue weighted by molar-refractivity contribution is 6.09. The maximum atomic E-state index is 12.0. The molecular weight excluding hydrogens is 186 g/mol. The Kier molecular flexibility index (Phi) is 1.72. The Labute approximate surface area is 88.5 Å². The fourth-order valence-electron chi connectivity index (χ4n) is 2.10. The summed E-state index contributed by atoms with van der Waals surface area (Å²) < 4.78 is 2.03. The minimum atomic E-state index is 0.302. The molecule has 1 aromatic carbocycles. The first-order valence-electron chi connectivity index (χ1n) is 5.35. The Morgan fingerprint density at radius 1 is 1.33 bits per heavy atom. The van der Waals surface area contributed by atoms with E-state index in [4.69, 9.17) is 0 Å². The molecule has 0 unspecified atom stereocenters. The number of benzene rings is 1. The molecule has 0 N–H and O–H groups in total. The number of ketones is 1. The predicted octanol–water partition coefficient (Wildman–Crippen LogP) is 2.77. The Hall–Kier alpha value is -1.57. The van der Waals surface area contributed by atoms with Gasteiger partial charge in [-0.2, -0.15) is 0 Å². The van der Waals surface area contributed by atoms with Gasteiger partial charge in [-0.15, -0.1) is 0 Å². The minimum Gasteiger partial charge on any atom is -0.350 e. The maximum Gasteiger partial charge on any atom is 0.168 e. The number of aromatic nitrogens is 1. The largest absolute Gasteiger partial charge is 0.350 e. The first kappa shape index (κ1) is 8.72. The molecule has 1 saturated carbocycles. The number of hydrogen-bond acceptors (Lipinski definition) is 1. The Morgan fingerprint density at radius 3 is 2.80 bits per heavy atom. The third-order valence-electron chi connectivity index (χ3n) is 3.11. The Bertz CT molecular complexity index is 534. The zero-order chi connectivity index (χ0) is 10.4. The van der Waals surface area contributed by atoms with Gasteiger partial charge in [0.15, 0.2) is 5.78 Å². The van der Waals surface area contributed by atoms with Crippen LogP contribution in [0.1, 0.15) is 23.2 Å². The first-order chi connectivity index (χ1) is 7.27. The van der Waals surface area contributed by atoms with Gasteiger partial charge < -0.3 is 4.57 Å². The quantitative estimate of drug-likeness (QED) is 0.682. The van der Waals surface area contributed by atoms with E-state index in [1.807, 2.05) is 36.0 Å². The van der Waals surface area contributed by atoms with Gasteiger partial charge in [-0.05, 0) is 18.9 Å². The van der Waals surface area contributed by atoms with Gasteiger partial charge in [-0.1, -0.05) is 18.2 Å². The number of nitrogens with zero attached hydrogens (tertiary/aromatic N) is 1. The van der Waals surface area contributed by atoms with E-state index >= 15 is 0 Å². The van der Waals surface area contributed by atoms with Gasteiger partial charge in [-0.3, -0.25) is 4.79 Å². The van der Waals surface area contributed by atoms with Crippen LogP contribution < -0.4 is 0 Å². The van der Waals surface area contributed by atoms with E-state index in [1.54, 1.807) is 0 Å². The third kappa shape index (κ3) is 1.29. The maximum absolute atomic E-state index is 12.0. The van der Waals surface area contributed by atoms with Crippen LogP contribution >= 0.6 is 0 Å². The van der Waals surface area contributed by atoms with E-state index in [0.717, 1.165) is 29.3 Å². The van der Waals surface area contributed by atoms with E-state index in [1.165, 1.54) is 0 Å². The lowest BCUT2D eigenvalue weighted by Gasteiger charge is -1.95.